The molecule has 4 aromatic carbocycles. The Labute approximate surface area is 514 Å². The minimum Gasteiger partial charge on any atom is -0.508 e. The van der Waals surface area contributed by atoms with Crippen LogP contribution in [-0.2, 0) is 73.6 Å². The number of aromatic amines is 1. The van der Waals surface area contributed by atoms with E-state index in [1.165, 1.54) is 36.1 Å². The number of aromatic nitrogens is 1. The summed E-state index contributed by atoms with van der Waals surface area (Å²) >= 11 is 0. The molecule has 26 heteroatoms. The van der Waals surface area contributed by atoms with Crippen LogP contribution in [0.25, 0.3) is 10.9 Å². The van der Waals surface area contributed by atoms with Gasteiger partial charge in [0.1, 0.15) is 53.8 Å². The molecule has 3 heterocycles. The summed E-state index contributed by atoms with van der Waals surface area (Å²) in [5.41, 5.74) is 15.6. The standard InChI is InChI=1S/C63H81N13O13/c1-36(67-34-42(29-38-11-4-3-5-12-38)70-57(83)37(2)69-58(84)46(64)30-39-17-21-43(78)22-18-39)56(82)74-51(31-40-19-23-44(79)24-20-40)63(89)76-28-10-16-53(76)62(88)75-52(35-77)59(85)66-27-9-8-15-48-60(86)73-49(61(87)72-48)25-26-54(80)71-50(55(65)81)32-41-33-68-47-14-7-6-13-45(41)47/h3-7,11-14,17-24,33,36-37,42,46,48-53,67-68,77-79H,8-10,15-16,25-32,34-35,64H2,1-2H3,(H2,65,81)(H,66,85)(H,69,84)(H,70,83)(H,71,80)(H,72,87)(H,73,86)(H,74,82)(H,75,88)/t36-,37-,42+,46+,48+,49+,50+,51+,52+,53+/m1/s1. The van der Waals surface area contributed by atoms with Crippen molar-refractivity contribution in [1.29, 1.82) is 0 Å². The second-order valence-electron chi connectivity index (χ2n) is 22.6. The van der Waals surface area contributed by atoms with Crippen molar-refractivity contribution in [2.24, 2.45) is 11.5 Å². The molecule has 476 valence electrons. The first-order chi connectivity index (χ1) is 42.6. The monoisotopic (exact) mass is 1230 g/mol. The minimum absolute atomic E-state index is 0.0202. The van der Waals surface area contributed by atoms with Gasteiger partial charge in [-0.2, -0.15) is 0 Å². The molecule has 0 aliphatic carbocycles. The number of H-pyrrole nitrogens is 1. The molecule has 17 N–H and O–H groups in total. The van der Waals surface area contributed by atoms with Gasteiger partial charge in [0.05, 0.1) is 18.7 Å². The van der Waals surface area contributed by atoms with Crippen LogP contribution in [0, 0.1) is 0 Å². The summed E-state index contributed by atoms with van der Waals surface area (Å²) in [6.07, 6.45) is 3.72. The molecular weight excluding hydrogens is 1150 g/mol. The van der Waals surface area contributed by atoms with Crippen LogP contribution < -0.4 is 59.3 Å². The molecule has 0 radical (unpaired) electrons. The maximum atomic E-state index is 14.6. The lowest BCUT2D eigenvalue weighted by atomic mass is 10.0. The normalized spacial score (nSPS) is 17.9. The summed E-state index contributed by atoms with van der Waals surface area (Å²) in [6, 6.07) is 19.0. The fourth-order valence-corrected chi connectivity index (χ4v) is 10.7. The van der Waals surface area contributed by atoms with Crippen molar-refractivity contribution < 1.29 is 63.3 Å². The molecule has 7 rings (SSSR count). The number of nitrogens with two attached hydrogens (primary N) is 2. The first-order valence-electron chi connectivity index (χ1n) is 29.9. The molecule has 1 aromatic heterocycles. The highest BCUT2D eigenvalue weighted by Crippen LogP contribution is 2.23. The number of phenols is 2. The fourth-order valence-electron chi connectivity index (χ4n) is 10.7. The third kappa shape index (κ3) is 19.8. The number of rotatable bonds is 32. The highest BCUT2D eigenvalue weighted by molar-refractivity contribution is 5.98. The van der Waals surface area contributed by atoms with Crippen LogP contribution in [0.5, 0.6) is 11.5 Å². The quantitative estimate of drug-likeness (QED) is 0.0233. The average molecular weight is 1230 g/mol. The van der Waals surface area contributed by atoms with Gasteiger partial charge in [0, 0.05) is 62.0 Å². The first kappa shape index (κ1) is 67.1. The first-order valence-corrected chi connectivity index (χ1v) is 29.9. The lowest BCUT2D eigenvalue weighted by Gasteiger charge is -2.30. The van der Waals surface area contributed by atoms with E-state index in [9.17, 15) is 63.3 Å². The number of unbranched alkanes of at least 4 members (excludes halogenated alkanes) is 1. The average Bonchev–Trinajstić information content (AvgIpc) is 3.15. The smallest absolute Gasteiger partial charge is 0.246 e. The van der Waals surface area contributed by atoms with Gasteiger partial charge < -0.3 is 84.5 Å². The molecular formula is C63H81N13O13. The summed E-state index contributed by atoms with van der Waals surface area (Å²) in [4.78, 5) is 138. The van der Waals surface area contributed by atoms with Gasteiger partial charge in [-0.1, -0.05) is 72.8 Å². The number of nitrogens with one attached hydrogen (secondary N) is 10. The van der Waals surface area contributed by atoms with Crippen LogP contribution in [0.1, 0.15) is 81.0 Å². The minimum atomic E-state index is -1.40. The third-order valence-electron chi connectivity index (χ3n) is 15.8. The van der Waals surface area contributed by atoms with Crippen molar-refractivity contribution in [2.75, 3.05) is 26.2 Å². The van der Waals surface area contributed by atoms with E-state index in [1.54, 1.807) is 37.4 Å². The Morgan fingerprint density at radius 2 is 1.26 bits per heavy atom. The summed E-state index contributed by atoms with van der Waals surface area (Å²) in [7, 11) is 0. The van der Waals surface area contributed by atoms with Crippen molar-refractivity contribution in [3.8, 4) is 11.5 Å². The van der Waals surface area contributed by atoms with Crippen molar-refractivity contribution in [3.63, 3.8) is 0 Å². The van der Waals surface area contributed by atoms with Crippen LogP contribution in [0.2, 0.25) is 0 Å². The molecule has 0 unspecified atom stereocenters. The lowest BCUT2D eigenvalue weighted by Crippen LogP contribution is -2.61. The van der Waals surface area contributed by atoms with Gasteiger partial charge in [0.25, 0.3) is 0 Å². The number of likely N-dealkylation sites (tertiary alicyclic amines) is 1. The number of carbonyl (C=O) groups is 10. The lowest BCUT2D eigenvalue weighted by molar-refractivity contribution is -0.142. The Morgan fingerprint density at radius 3 is 1.92 bits per heavy atom. The number of phenolic OH excluding ortho intramolecular Hbond substituents is 2. The SMILES string of the molecule is C[C@@H](NC[C@H](Cc1ccccc1)NC(=O)[C@@H](C)NC(=O)[C@@H](N)Cc1ccc(O)cc1)C(=O)N[C@@H](Cc1ccc(O)cc1)C(=O)N1CCC[C@H]1C(=O)N[C@@H](CO)C(=O)NCCCC[C@@H]1NC(=O)[C@H](CCC(=O)N[C@@H](Cc2c[nH]c3ccccc23)C(N)=O)NC1=O. The summed E-state index contributed by atoms with van der Waals surface area (Å²) < 4.78 is 0. The number of aliphatic hydroxyl groups is 1. The molecule has 0 spiro atoms. The number of carbonyl (C=O) groups excluding carboxylic acids is 10. The summed E-state index contributed by atoms with van der Waals surface area (Å²) in [5.74, 6) is -5.80. The zero-order chi connectivity index (χ0) is 64.1. The van der Waals surface area contributed by atoms with E-state index in [0.717, 1.165) is 27.6 Å². The van der Waals surface area contributed by atoms with Gasteiger partial charge >= 0.3 is 0 Å². The van der Waals surface area contributed by atoms with E-state index < -0.39 is 126 Å². The molecule has 2 fully saturated rings. The zero-order valence-corrected chi connectivity index (χ0v) is 49.8. The predicted octanol–water partition coefficient (Wildman–Crippen LogP) is -0.883. The maximum Gasteiger partial charge on any atom is 0.246 e. The van der Waals surface area contributed by atoms with E-state index in [1.807, 2.05) is 54.6 Å². The molecule has 26 nitrogen and oxygen atoms in total. The van der Waals surface area contributed by atoms with Crippen LogP contribution in [-0.4, -0.2) is 171 Å². The van der Waals surface area contributed by atoms with E-state index in [4.69, 9.17) is 11.5 Å². The maximum absolute atomic E-state index is 14.6. The van der Waals surface area contributed by atoms with Gasteiger partial charge in [-0.05, 0) is 118 Å². The largest absolute Gasteiger partial charge is 0.508 e. The number of benzene rings is 4. The topological polar surface area (TPSA) is 411 Å². The number of amides is 10. The number of primary amides is 1. The van der Waals surface area contributed by atoms with Gasteiger partial charge in [-0.15, -0.1) is 0 Å². The Hall–Kier alpha value is -9.40. The fraction of sp³-hybridized carbons (Fsp3) is 0.429. The molecule has 2 aliphatic rings. The van der Waals surface area contributed by atoms with Gasteiger partial charge in [-0.25, -0.2) is 0 Å². The zero-order valence-electron chi connectivity index (χ0n) is 49.8. The summed E-state index contributed by atoms with van der Waals surface area (Å²) in [6.45, 7) is 2.62. The van der Waals surface area contributed by atoms with E-state index >= 15 is 0 Å². The number of fused-ring (bicyclic) bond motifs is 1. The highest BCUT2D eigenvalue weighted by Gasteiger charge is 2.40. The highest BCUT2D eigenvalue weighted by atomic mass is 16.3. The summed E-state index contributed by atoms with van der Waals surface area (Å²) in [5, 5.41) is 55.6. The number of piperazine rings is 1. The second-order valence-corrected chi connectivity index (χ2v) is 22.6. The van der Waals surface area contributed by atoms with E-state index in [2.05, 4.69) is 52.8 Å². The molecule has 0 bridgehead atoms. The molecule has 2 saturated heterocycles. The van der Waals surface area contributed by atoms with Crippen molar-refractivity contribution in [2.45, 2.75) is 145 Å². The van der Waals surface area contributed by atoms with Crippen molar-refractivity contribution in [1.82, 2.24) is 57.7 Å². The van der Waals surface area contributed by atoms with Gasteiger partial charge in [-0.3, -0.25) is 47.9 Å². The number of nitrogens with zero attached hydrogens (tertiary/aromatic N) is 1. The van der Waals surface area contributed by atoms with Crippen LogP contribution in [0.4, 0.5) is 0 Å². The van der Waals surface area contributed by atoms with Crippen molar-refractivity contribution in [3.05, 3.63) is 132 Å². The molecule has 10 amide bonds. The number of hydrogen-bond donors (Lipinski definition) is 15. The second kappa shape index (κ2) is 32.5. The van der Waals surface area contributed by atoms with Gasteiger partial charge in [0.15, 0.2) is 0 Å². The Morgan fingerprint density at radius 1 is 0.640 bits per heavy atom. The number of aromatic hydroxyl groups is 2. The predicted molar refractivity (Wildman–Crippen MR) is 328 cm³/mol. The molecule has 89 heavy (non-hydrogen) atoms. The van der Waals surface area contributed by atoms with E-state index in [0.29, 0.717) is 31.2 Å². The Bertz CT molecular complexity index is 3270. The van der Waals surface area contributed by atoms with Crippen LogP contribution in [0.15, 0.2) is 109 Å². The van der Waals surface area contributed by atoms with Gasteiger partial charge in [0.2, 0.25) is 59.1 Å². The Kier molecular flexibility index (Phi) is 24.5. The van der Waals surface area contributed by atoms with Crippen molar-refractivity contribution >= 4 is 70.0 Å². The third-order valence-corrected chi connectivity index (χ3v) is 15.8. The molecule has 10 atom stereocenters. The van der Waals surface area contributed by atoms with Crippen LogP contribution in [0.3, 0.4) is 0 Å². The van der Waals surface area contributed by atoms with E-state index in [-0.39, 0.29) is 76.1 Å². The number of para-hydroxylation sites is 1. The molecule has 2 aliphatic heterocycles. The molecule has 0 saturated carbocycles. The Balaban J connectivity index is 0.862. The molecule has 5 aromatic rings. The number of hydrogen-bond acceptors (Lipinski definition) is 15. The van der Waals surface area contributed by atoms with Crippen LogP contribution >= 0.6 is 0 Å². The number of aliphatic hydroxyl groups excluding tert-OH is 1.